The first kappa shape index (κ1) is 18.8. The fourth-order valence-corrected chi connectivity index (χ4v) is 3.20. The first-order valence-corrected chi connectivity index (χ1v) is 8.49. The van der Waals surface area contributed by atoms with E-state index in [9.17, 15) is 9.59 Å². The molecule has 1 atom stereocenters. The number of nitrogens with one attached hydrogen (secondary N) is 1. The van der Waals surface area contributed by atoms with Gasteiger partial charge in [-0.2, -0.15) is 0 Å². The zero-order chi connectivity index (χ0) is 18.7. The van der Waals surface area contributed by atoms with Gasteiger partial charge in [-0.05, 0) is 39.3 Å². The third-order valence-corrected chi connectivity index (χ3v) is 4.34. The highest BCUT2D eigenvalue weighted by Gasteiger charge is 2.26. The average Bonchev–Trinajstić information content (AvgIpc) is 2.87. The molecule has 2 rings (SSSR count). The molecule has 0 saturated heterocycles. The maximum atomic E-state index is 12.9. The molecule has 25 heavy (non-hydrogen) atoms. The summed E-state index contributed by atoms with van der Waals surface area (Å²) in [7, 11) is 3.38. The van der Waals surface area contributed by atoms with Gasteiger partial charge in [-0.1, -0.05) is 30.3 Å². The lowest BCUT2D eigenvalue weighted by Crippen LogP contribution is -2.40. The van der Waals surface area contributed by atoms with Crippen LogP contribution in [0.1, 0.15) is 53.2 Å². The standard InChI is InChI=1S/C20H27N3O2/c1-13(2)23-14(3)12-17(15(23)4)19(24)21-18(20(25)22(5)6)16-10-8-7-9-11-16/h7-13,18H,1-6H3,(H,21,24). The summed E-state index contributed by atoms with van der Waals surface area (Å²) in [6, 6.07) is 10.8. The van der Waals surface area contributed by atoms with E-state index in [1.807, 2.05) is 50.2 Å². The van der Waals surface area contributed by atoms with Gasteiger partial charge in [-0.15, -0.1) is 0 Å². The Hall–Kier alpha value is -2.56. The highest BCUT2D eigenvalue weighted by atomic mass is 16.2. The molecule has 1 heterocycles. The molecule has 5 nitrogen and oxygen atoms in total. The first-order chi connectivity index (χ1) is 11.7. The van der Waals surface area contributed by atoms with E-state index in [-0.39, 0.29) is 17.9 Å². The van der Waals surface area contributed by atoms with Crippen molar-refractivity contribution >= 4 is 11.8 Å². The van der Waals surface area contributed by atoms with Gasteiger partial charge < -0.3 is 14.8 Å². The predicted octanol–water partition coefficient (Wildman–Crippen LogP) is 3.25. The molecule has 1 aromatic carbocycles. The van der Waals surface area contributed by atoms with Crippen molar-refractivity contribution in [1.29, 1.82) is 0 Å². The summed E-state index contributed by atoms with van der Waals surface area (Å²) >= 11 is 0. The molecule has 1 aromatic heterocycles. The summed E-state index contributed by atoms with van der Waals surface area (Å²) in [5.74, 6) is -0.388. The van der Waals surface area contributed by atoms with E-state index in [4.69, 9.17) is 0 Å². The second kappa shape index (κ2) is 7.55. The van der Waals surface area contributed by atoms with Crippen molar-refractivity contribution in [3.05, 3.63) is 58.9 Å². The van der Waals surface area contributed by atoms with Crippen molar-refractivity contribution in [2.75, 3.05) is 14.1 Å². The lowest BCUT2D eigenvalue weighted by atomic mass is 10.0. The maximum Gasteiger partial charge on any atom is 0.254 e. The van der Waals surface area contributed by atoms with Crippen molar-refractivity contribution < 1.29 is 9.59 Å². The number of benzene rings is 1. The molecule has 1 unspecified atom stereocenters. The highest BCUT2D eigenvalue weighted by Crippen LogP contribution is 2.22. The Morgan fingerprint density at radius 2 is 1.68 bits per heavy atom. The van der Waals surface area contributed by atoms with Crippen LogP contribution in [0.4, 0.5) is 0 Å². The van der Waals surface area contributed by atoms with E-state index in [1.165, 1.54) is 4.90 Å². The quantitative estimate of drug-likeness (QED) is 0.908. The summed E-state index contributed by atoms with van der Waals surface area (Å²) in [4.78, 5) is 26.9. The van der Waals surface area contributed by atoms with E-state index < -0.39 is 6.04 Å². The number of hydrogen-bond donors (Lipinski definition) is 1. The van der Waals surface area contributed by atoms with Gasteiger partial charge >= 0.3 is 0 Å². The summed E-state index contributed by atoms with van der Waals surface area (Å²) < 4.78 is 2.13. The van der Waals surface area contributed by atoms with Crippen molar-refractivity contribution in [2.24, 2.45) is 0 Å². The molecule has 0 radical (unpaired) electrons. The minimum absolute atomic E-state index is 0.155. The number of hydrogen-bond acceptors (Lipinski definition) is 2. The van der Waals surface area contributed by atoms with Crippen LogP contribution >= 0.6 is 0 Å². The lowest BCUT2D eigenvalue weighted by Gasteiger charge is -2.22. The van der Waals surface area contributed by atoms with Crippen LogP contribution in [0.5, 0.6) is 0 Å². The minimum Gasteiger partial charge on any atom is -0.347 e. The van der Waals surface area contributed by atoms with Crippen LogP contribution in [0.3, 0.4) is 0 Å². The second-order valence-electron chi connectivity index (χ2n) is 6.80. The van der Waals surface area contributed by atoms with Gasteiger partial charge in [0.2, 0.25) is 5.91 Å². The van der Waals surface area contributed by atoms with Crippen molar-refractivity contribution in [2.45, 2.75) is 39.8 Å². The van der Waals surface area contributed by atoms with E-state index in [1.54, 1.807) is 14.1 Å². The monoisotopic (exact) mass is 341 g/mol. The molecular weight excluding hydrogens is 314 g/mol. The Labute approximate surface area is 149 Å². The summed E-state index contributed by atoms with van der Waals surface area (Å²) in [6.45, 7) is 8.10. The Kier molecular flexibility index (Phi) is 5.67. The van der Waals surface area contributed by atoms with Crippen LogP contribution in [0.25, 0.3) is 0 Å². The average molecular weight is 341 g/mol. The van der Waals surface area contributed by atoms with Crippen LogP contribution < -0.4 is 5.32 Å². The van der Waals surface area contributed by atoms with Crippen LogP contribution in [0.15, 0.2) is 36.4 Å². The second-order valence-corrected chi connectivity index (χ2v) is 6.80. The number of rotatable bonds is 5. The number of aromatic nitrogens is 1. The Bertz CT molecular complexity index is 761. The Morgan fingerprint density at radius 3 is 2.16 bits per heavy atom. The molecule has 1 N–H and O–H groups in total. The van der Waals surface area contributed by atoms with Crippen LogP contribution in [-0.2, 0) is 4.79 Å². The van der Waals surface area contributed by atoms with Gasteiger partial charge in [0, 0.05) is 31.5 Å². The van der Waals surface area contributed by atoms with Gasteiger partial charge in [0.05, 0.1) is 5.56 Å². The number of carbonyl (C=O) groups excluding carboxylic acids is 2. The van der Waals surface area contributed by atoms with Gasteiger partial charge in [0.25, 0.3) is 5.91 Å². The van der Waals surface area contributed by atoms with E-state index >= 15 is 0 Å². The third-order valence-electron chi connectivity index (χ3n) is 4.34. The van der Waals surface area contributed by atoms with Crippen molar-refractivity contribution in [3.63, 3.8) is 0 Å². The smallest absolute Gasteiger partial charge is 0.254 e. The van der Waals surface area contributed by atoms with E-state index in [0.29, 0.717) is 5.56 Å². The number of nitrogens with zero attached hydrogens (tertiary/aromatic N) is 2. The molecule has 0 fully saturated rings. The summed E-state index contributed by atoms with van der Waals surface area (Å²) in [6.07, 6.45) is 0. The Morgan fingerprint density at radius 1 is 1.08 bits per heavy atom. The molecule has 0 aliphatic rings. The third kappa shape index (κ3) is 3.92. The number of amides is 2. The zero-order valence-electron chi connectivity index (χ0n) is 15.8. The Balaban J connectivity index is 2.35. The van der Waals surface area contributed by atoms with Gasteiger partial charge in [-0.3, -0.25) is 9.59 Å². The molecule has 5 heteroatoms. The van der Waals surface area contributed by atoms with Crippen LogP contribution in [0.2, 0.25) is 0 Å². The molecule has 2 amide bonds. The normalized spacial score (nSPS) is 12.1. The largest absolute Gasteiger partial charge is 0.347 e. The fraction of sp³-hybridized carbons (Fsp3) is 0.400. The molecule has 0 aliphatic carbocycles. The van der Waals surface area contributed by atoms with Crippen LogP contribution in [0, 0.1) is 13.8 Å². The van der Waals surface area contributed by atoms with Gasteiger partial charge in [-0.25, -0.2) is 0 Å². The predicted molar refractivity (Wildman–Crippen MR) is 99.6 cm³/mol. The number of likely N-dealkylation sites (N-methyl/N-ethyl adjacent to an activating group) is 1. The SMILES string of the molecule is Cc1cc(C(=O)NC(C(=O)N(C)C)c2ccccc2)c(C)n1C(C)C. The molecule has 134 valence electrons. The minimum atomic E-state index is -0.703. The molecule has 0 spiro atoms. The number of aryl methyl sites for hydroxylation is 1. The van der Waals surface area contributed by atoms with Crippen molar-refractivity contribution in [3.8, 4) is 0 Å². The molecule has 0 bridgehead atoms. The highest BCUT2D eigenvalue weighted by molar-refractivity contribution is 5.99. The van der Waals surface area contributed by atoms with E-state index in [0.717, 1.165) is 17.0 Å². The topological polar surface area (TPSA) is 54.3 Å². The van der Waals surface area contributed by atoms with Gasteiger partial charge in [0.15, 0.2) is 0 Å². The molecular formula is C20H27N3O2. The van der Waals surface area contributed by atoms with Gasteiger partial charge in [0.1, 0.15) is 6.04 Å². The van der Waals surface area contributed by atoms with E-state index in [2.05, 4.69) is 23.7 Å². The first-order valence-electron chi connectivity index (χ1n) is 8.49. The lowest BCUT2D eigenvalue weighted by molar-refractivity contribution is -0.130. The zero-order valence-corrected chi connectivity index (χ0v) is 15.8. The summed E-state index contributed by atoms with van der Waals surface area (Å²) in [5.41, 5.74) is 3.33. The van der Waals surface area contributed by atoms with Crippen LogP contribution in [-0.4, -0.2) is 35.4 Å². The molecule has 0 aliphatic heterocycles. The van der Waals surface area contributed by atoms with Crippen molar-refractivity contribution in [1.82, 2.24) is 14.8 Å². The maximum absolute atomic E-state index is 12.9. The molecule has 2 aromatic rings. The summed E-state index contributed by atoms with van der Waals surface area (Å²) in [5, 5.41) is 2.91. The number of carbonyl (C=O) groups is 2. The molecule has 0 saturated carbocycles. The fourth-order valence-electron chi connectivity index (χ4n) is 3.20.